The lowest BCUT2D eigenvalue weighted by Crippen LogP contribution is -2.39. The number of hydrogen-bond acceptors (Lipinski definition) is 4. The van der Waals surface area contributed by atoms with E-state index in [1.165, 1.54) is 31.2 Å². The second kappa shape index (κ2) is 7.92. The van der Waals surface area contributed by atoms with Crippen molar-refractivity contribution in [2.75, 3.05) is 6.54 Å². The lowest BCUT2D eigenvalue weighted by molar-refractivity contribution is 0.130. The van der Waals surface area contributed by atoms with Crippen molar-refractivity contribution in [2.24, 2.45) is 0 Å². The molecule has 1 aliphatic heterocycles. The van der Waals surface area contributed by atoms with Crippen LogP contribution < -0.4 is 0 Å². The highest BCUT2D eigenvalue weighted by Gasteiger charge is 2.24. The molecule has 26 heavy (non-hydrogen) atoms. The fourth-order valence-electron chi connectivity index (χ4n) is 3.85. The Kier molecular flexibility index (Phi) is 5.21. The van der Waals surface area contributed by atoms with E-state index in [9.17, 15) is 0 Å². The summed E-state index contributed by atoms with van der Waals surface area (Å²) in [5.74, 6) is 1.57. The summed E-state index contributed by atoms with van der Waals surface area (Å²) in [6.07, 6.45) is 9.55. The number of rotatable bonds is 6. The van der Waals surface area contributed by atoms with Gasteiger partial charge in [0.05, 0.1) is 17.5 Å². The summed E-state index contributed by atoms with van der Waals surface area (Å²) in [5, 5.41) is 0. The van der Waals surface area contributed by atoms with Crippen LogP contribution in [0.4, 0.5) is 0 Å². The van der Waals surface area contributed by atoms with Gasteiger partial charge in [0.15, 0.2) is 0 Å². The third-order valence-corrected chi connectivity index (χ3v) is 5.37. The Morgan fingerprint density at radius 3 is 2.85 bits per heavy atom. The van der Waals surface area contributed by atoms with Gasteiger partial charge in [0.1, 0.15) is 12.0 Å². The minimum atomic E-state index is 0.623. The van der Waals surface area contributed by atoms with Crippen LogP contribution in [0.5, 0.6) is 0 Å². The molecule has 1 atom stereocenters. The van der Waals surface area contributed by atoms with Crippen LogP contribution in [-0.2, 0) is 13.0 Å². The number of aromatic nitrogens is 1. The summed E-state index contributed by atoms with van der Waals surface area (Å²) in [6, 6.07) is 13.3. The minimum Gasteiger partial charge on any atom is -0.472 e. The molecule has 136 valence electrons. The number of furan rings is 1. The molecule has 0 N–H and O–H groups in total. The summed E-state index contributed by atoms with van der Waals surface area (Å²) in [7, 11) is 0. The van der Waals surface area contributed by atoms with Gasteiger partial charge in [-0.05, 0) is 50.8 Å². The quantitative estimate of drug-likeness (QED) is 0.610. The number of aryl methyl sites for hydroxylation is 2. The van der Waals surface area contributed by atoms with Crippen molar-refractivity contribution in [3.05, 3.63) is 65.9 Å². The number of piperidine rings is 1. The Labute approximate surface area is 154 Å². The first-order valence-corrected chi connectivity index (χ1v) is 9.56. The normalized spacial score (nSPS) is 18.3. The molecule has 0 aliphatic carbocycles. The molecule has 1 saturated heterocycles. The predicted octanol–water partition coefficient (Wildman–Crippen LogP) is 5.23. The lowest BCUT2D eigenvalue weighted by atomic mass is 9.95. The topological polar surface area (TPSA) is 42.4 Å². The largest absolute Gasteiger partial charge is 0.472 e. The summed E-state index contributed by atoms with van der Waals surface area (Å²) < 4.78 is 11.0. The number of hydrogen-bond donors (Lipinski definition) is 0. The van der Waals surface area contributed by atoms with Crippen LogP contribution in [-0.4, -0.2) is 22.5 Å². The molecule has 4 heteroatoms. The Balaban J connectivity index is 1.43. The van der Waals surface area contributed by atoms with Gasteiger partial charge >= 0.3 is 0 Å². The smallest absolute Gasteiger partial charge is 0.229 e. The zero-order valence-corrected chi connectivity index (χ0v) is 15.4. The summed E-state index contributed by atoms with van der Waals surface area (Å²) in [6.45, 7) is 4.02. The van der Waals surface area contributed by atoms with Crippen molar-refractivity contribution in [2.45, 2.75) is 51.6 Å². The molecule has 0 amide bonds. The van der Waals surface area contributed by atoms with E-state index in [2.05, 4.69) is 35.2 Å². The summed E-state index contributed by atoms with van der Waals surface area (Å²) in [5.41, 5.74) is 3.38. The van der Waals surface area contributed by atoms with Crippen molar-refractivity contribution in [1.82, 2.24) is 9.88 Å². The van der Waals surface area contributed by atoms with Gasteiger partial charge in [-0.15, -0.1) is 0 Å². The Bertz CT molecular complexity index is 808. The minimum absolute atomic E-state index is 0.623. The molecule has 1 aromatic carbocycles. The molecule has 1 aliphatic rings. The Morgan fingerprint density at radius 1 is 1.15 bits per heavy atom. The van der Waals surface area contributed by atoms with Gasteiger partial charge in [-0.2, -0.15) is 0 Å². The molecule has 0 unspecified atom stereocenters. The Hall–Kier alpha value is -2.33. The first kappa shape index (κ1) is 17.1. The maximum absolute atomic E-state index is 5.87. The average molecular weight is 350 g/mol. The van der Waals surface area contributed by atoms with Gasteiger partial charge in [0, 0.05) is 12.6 Å². The molecular weight excluding hydrogens is 324 g/mol. The van der Waals surface area contributed by atoms with Crippen LogP contribution in [0, 0.1) is 6.92 Å². The number of benzene rings is 1. The average Bonchev–Trinajstić information content (AvgIpc) is 3.32. The summed E-state index contributed by atoms with van der Waals surface area (Å²) in [4.78, 5) is 7.32. The molecule has 2 aromatic heterocycles. The van der Waals surface area contributed by atoms with E-state index in [1.807, 2.05) is 13.0 Å². The van der Waals surface area contributed by atoms with E-state index in [-0.39, 0.29) is 0 Å². The number of nitrogens with zero attached hydrogens (tertiary/aromatic N) is 2. The van der Waals surface area contributed by atoms with E-state index >= 15 is 0 Å². The third kappa shape index (κ3) is 3.91. The molecule has 3 aromatic rings. The fourth-order valence-corrected chi connectivity index (χ4v) is 3.85. The van der Waals surface area contributed by atoms with Gasteiger partial charge in [-0.3, -0.25) is 4.90 Å². The molecule has 0 spiro atoms. The second-order valence-electron chi connectivity index (χ2n) is 7.18. The van der Waals surface area contributed by atoms with Crippen molar-refractivity contribution >= 4 is 0 Å². The highest BCUT2D eigenvalue weighted by Crippen LogP contribution is 2.27. The van der Waals surface area contributed by atoms with Gasteiger partial charge in [0.25, 0.3) is 0 Å². The first-order chi connectivity index (χ1) is 12.8. The van der Waals surface area contributed by atoms with Gasteiger partial charge in [0.2, 0.25) is 5.89 Å². The van der Waals surface area contributed by atoms with Crippen LogP contribution in [0.25, 0.3) is 11.5 Å². The summed E-state index contributed by atoms with van der Waals surface area (Å²) >= 11 is 0. The van der Waals surface area contributed by atoms with Crippen molar-refractivity contribution in [1.29, 1.82) is 0 Å². The third-order valence-electron chi connectivity index (χ3n) is 5.37. The number of likely N-dealkylation sites (tertiary alicyclic amines) is 1. The van der Waals surface area contributed by atoms with E-state index in [4.69, 9.17) is 13.8 Å². The molecular formula is C22H26N2O2. The van der Waals surface area contributed by atoms with Crippen LogP contribution in [0.1, 0.15) is 42.7 Å². The van der Waals surface area contributed by atoms with Crippen LogP contribution >= 0.6 is 0 Å². The fraction of sp³-hybridized carbons (Fsp3) is 0.409. The van der Waals surface area contributed by atoms with Crippen molar-refractivity contribution in [3.8, 4) is 11.5 Å². The molecule has 4 nitrogen and oxygen atoms in total. The first-order valence-electron chi connectivity index (χ1n) is 9.56. The molecule has 3 heterocycles. The van der Waals surface area contributed by atoms with E-state index in [0.29, 0.717) is 11.9 Å². The van der Waals surface area contributed by atoms with E-state index in [0.717, 1.165) is 36.5 Å². The van der Waals surface area contributed by atoms with Gasteiger partial charge < -0.3 is 8.83 Å². The van der Waals surface area contributed by atoms with Crippen molar-refractivity contribution in [3.63, 3.8) is 0 Å². The van der Waals surface area contributed by atoms with Gasteiger partial charge in [-0.1, -0.05) is 36.8 Å². The zero-order valence-electron chi connectivity index (χ0n) is 15.4. The molecule has 0 radical (unpaired) electrons. The molecule has 0 bridgehead atoms. The van der Waals surface area contributed by atoms with E-state index < -0.39 is 0 Å². The highest BCUT2D eigenvalue weighted by molar-refractivity contribution is 5.51. The molecule has 0 saturated carbocycles. The SMILES string of the molecule is Cc1oc(-c2ccoc2)nc1CN1CCCC[C@@H]1CCc1ccccc1. The zero-order chi connectivity index (χ0) is 17.8. The number of oxazole rings is 1. The van der Waals surface area contributed by atoms with Crippen LogP contribution in [0.3, 0.4) is 0 Å². The predicted molar refractivity (Wildman–Crippen MR) is 102 cm³/mol. The molecule has 1 fully saturated rings. The van der Waals surface area contributed by atoms with Crippen LogP contribution in [0.2, 0.25) is 0 Å². The van der Waals surface area contributed by atoms with Crippen molar-refractivity contribution < 1.29 is 8.83 Å². The second-order valence-corrected chi connectivity index (χ2v) is 7.18. The van der Waals surface area contributed by atoms with E-state index in [1.54, 1.807) is 12.5 Å². The standard InChI is InChI=1S/C22H26N2O2/c1-17-21(23-22(26-17)19-12-14-25-16-19)15-24-13-6-5-9-20(24)11-10-18-7-3-2-4-8-18/h2-4,7-8,12,14,16,20H,5-6,9-11,13,15H2,1H3/t20-/m1/s1. The monoisotopic (exact) mass is 350 g/mol. The maximum Gasteiger partial charge on any atom is 0.229 e. The highest BCUT2D eigenvalue weighted by atomic mass is 16.4. The Morgan fingerprint density at radius 2 is 2.04 bits per heavy atom. The lowest BCUT2D eigenvalue weighted by Gasteiger charge is -2.35. The van der Waals surface area contributed by atoms with Crippen LogP contribution in [0.15, 0.2) is 57.8 Å². The van der Waals surface area contributed by atoms with Gasteiger partial charge in [-0.25, -0.2) is 4.98 Å². The maximum atomic E-state index is 5.87. The molecule has 4 rings (SSSR count).